The molecule has 1 aliphatic rings. The van der Waals surface area contributed by atoms with Crippen molar-refractivity contribution in [1.29, 1.82) is 0 Å². The largest absolute Gasteiger partial charge is 0.469 e. The molecule has 1 fully saturated rings. The van der Waals surface area contributed by atoms with Crippen LogP contribution in [0.5, 0.6) is 0 Å². The van der Waals surface area contributed by atoms with Crippen molar-refractivity contribution in [2.24, 2.45) is 0 Å². The first kappa shape index (κ1) is 14.6. The van der Waals surface area contributed by atoms with E-state index in [2.05, 4.69) is 4.74 Å². The molecule has 2 rings (SSSR count). The van der Waals surface area contributed by atoms with Crippen molar-refractivity contribution in [2.45, 2.75) is 31.9 Å². The smallest absolute Gasteiger partial charge is 0.307 e. The molecule has 0 aromatic carbocycles. The Kier molecular flexibility index (Phi) is 5.17. The van der Waals surface area contributed by atoms with Crippen LogP contribution in [0.4, 0.5) is 0 Å². The van der Waals surface area contributed by atoms with Gasteiger partial charge in [0, 0.05) is 13.2 Å². The van der Waals surface area contributed by atoms with Crippen molar-refractivity contribution in [3.63, 3.8) is 0 Å². The Hall–Kier alpha value is -1.82. The summed E-state index contributed by atoms with van der Waals surface area (Å²) in [5.74, 6) is 0.249. The van der Waals surface area contributed by atoms with Gasteiger partial charge >= 0.3 is 5.97 Å². The van der Waals surface area contributed by atoms with Gasteiger partial charge in [-0.15, -0.1) is 0 Å². The SMILES string of the molecule is COC(=O)CCN(Cc1ccco1)C(=O)C1CCCO1. The maximum absolute atomic E-state index is 12.4. The fraction of sp³-hybridized carbons (Fsp3) is 0.571. The Labute approximate surface area is 117 Å². The van der Waals surface area contributed by atoms with Crippen LogP contribution in [0.2, 0.25) is 0 Å². The van der Waals surface area contributed by atoms with Crippen LogP contribution in [0.15, 0.2) is 22.8 Å². The predicted molar refractivity (Wildman–Crippen MR) is 69.7 cm³/mol. The first-order valence-corrected chi connectivity index (χ1v) is 6.70. The van der Waals surface area contributed by atoms with Crippen molar-refractivity contribution in [2.75, 3.05) is 20.3 Å². The molecule has 0 bridgehead atoms. The van der Waals surface area contributed by atoms with E-state index in [0.29, 0.717) is 25.5 Å². The van der Waals surface area contributed by atoms with Gasteiger partial charge in [0.05, 0.1) is 26.3 Å². The molecule has 0 spiro atoms. The number of furan rings is 1. The molecule has 110 valence electrons. The molecule has 1 aromatic rings. The standard InChI is InChI=1S/C14H19NO5/c1-18-13(16)6-7-15(10-11-4-2-8-19-11)14(17)12-5-3-9-20-12/h2,4,8,12H,3,5-7,9-10H2,1H3. The number of rotatable bonds is 6. The van der Waals surface area contributed by atoms with Gasteiger partial charge in [0.2, 0.25) is 0 Å². The van der Waals surface area contributed by atoms with E-state index in [0.717, 1.165) is 12.8 Å². The first-order valence-electron chi connectivity index (χ1n) is 6.70. The van der Waals surface area contributed by atoms with E-state index in [1.54, 1.807) is 23.3 Å². The monoisotopic (exact) mass is 281 g/mol. The summed E-state index contributed by atoms with van der Waals surface area (Å²) in [6.45, 7) is 1.25. The lowest BCUT2D eigenvalue weighted by Gasteiger charge is -2.24. The first-order chi connectivity index (χ1) is 9.70. The Morgan fingerprint density at radius 3 is 2.95 bits per heavy atom. The lowest BCUT2D eigenvalue weighted by Crippen LogP contribution is -2.39. The van der Waals surface area contributed by atoms with Crippen LogP contribution < -0.4 is 0 Å². The molecule has 2 heterocycles. The molecule has 1 aromatic heterocycles. The fourth-order valence-corrected chi connectivity index (χ4v) is 2.16. The number of carbonyl (C=O) groups excluding carboxylic acids is 2. The van der Waals surface area contributed by atoms with Gasteiger partial charge in [0.1, 0.15) is 11.9 Å². The summed E-state index contributed by atoms with van der Waals surface area (Å²) in [6, 6.07) is 3.57. The molecule has 1 amide bonds. The maximum Gasteiger partial charge on any atom is 0.307 e. The minimum atomic E-state index is -0.400. The number of esters is 1. The molecule has 6 heteroatoms. The van der Waals surface area contributed by atoms with Crippen molar-refractivity contribution in [1.82, 2.24) is 4.90 Å². The summed E-state index contributed by atoms with van der Waals surface area (Å²) in [5.41, 5.74) is 0. The molecule has 1 aliphatic heterocycles. The van der Waals surface area contributed by atoms with Crippen LogP contribution in [0.3, 0.4) is 0 Å². The minimum Gasteiger partial charge on any atom is -0.469 e. The second-order valence-electron chi connectivity index (χ2n) is 4.67. The number of hydrogen-bond acceptors (Lipinski definition) is 5. The number of nitrogens with zero attached hydrogens (tertiary/aromatic N) is 1. The van der Waals surface area contributed by atoms with Crippen molar-refractivity contribution >= 4 is 11.9 Å². The third kappa shape index (κ3) is 3.84. The summed E-state index contributed by atoms with van der Waals surface area (Å²) in [5, 5.41) is 0. The van der Waals surface area contributed by atoms with Crippen LogP contribution >= 0.6 is 0 Å². The summed E-state index contributed by atoms with van der Waals surface area (Å²) < 4.78 is 15.3. The molecule has 0 radical (unpaired) electrons. The number of carbonyl (C=O) groups is 2. The van der Waals surface area contributed by atoms with Crippen LogP contribution in [-0.4, -0.2) is 43.1 Å². The lowest BCUT2D eigenvalue weighted by atomic mass is 10.2. The molecular formula is C14H19NO5. The van der Waals surface area contributed by atoms with Crippen molar-refractivity contribution < 1.29 is 23.5 Å². The summed E-state index contributed by atoms with van der Waals surface area (Å²) >= 11 is 0. The van der Waals surface area contributed by atoms with Crippen molar-refractivity contribution in [3.8, 4) is 0 Å². The zero-order valence-electron chi connectivity index (χ0n) is 11.5. The lowest BCUT2D eigenvalue weighted by molar-refractivity contribution is -0.145. The van der Waals surface area contributed by atoms with E-state index in [1.807, 2.05) is 0 Å². The van der Waals surface area contributed by atoms with E-state index in [-0.39, 0.29) is 18.3 Å². The topological polar surface area (TPSA) is 69.0 Å². The number of methoxy groups -OCH3 is 1. The molecule has 1 atom stereocenters. The normalized spacial score (nSPS) is 17.9. The minimum absolute atomic E-state index is 0.0946. The van der Waals surface area contributed by atoms with Gasteiger partial charge in [-0.1, -0.05) is 0 Å². The second kappa shape index (κ2) is 7.09. The molecule has 20 heavy (non-hydrogen) atoms. The summed E-state index contributed by atoms with van der Waals surface area (Å²) in [7, 11) is 1.33. The highest BCUT2D eigenvalue weighted by molar-refractivity contribution is 5.81. The van der Waals surface area contributed by atoms with Crippen LogP contribution in [0.1, 0.15) is 25.0 Å². The van der Waals surface area contributed by atoms with Crippen LogP contribution in [0, 0.1) is 0 Å². The quantitative estimate of drug-likeness (QED) is 0.736. The third-order valence-corrected chi connectivity index (χ3v) is 3.26. The summed E-state index contributed by atoms with van der Waals surface area (Å²) in [4.78, 5) is 25.2. The van der Waals surface area contributed by atoms with E-state index >= 15 is 0 Å². The average Bonchev–Trinajstić information content (AvgIpc) is 3.14. The molecule has 1 unspecified atom stereocenters. The average molecular weight is 281 g/mol. The predicted octanol–water partition coefficient (Wildman–Crippen LogP) is 1.35. The molecule has 1 saturated heterocycles. The van der Waals surface area contributed by atoms with Gasteiger partial charge in [-0.2, -0.15) is 0 Å². The molecule has 0 saturated carbocycles. The third-order valence-electron chi connectivity index (χ3n) is 3.26. The zero-order valence-corrected chi connectivity index (χ0v) is 11.5. The van der Waals surface area contributed by atoms with Gasteiger partial charge in [0.15, 0.2) is 0 Å². The Bertz CT molecular complexity index is 436. The Balaban J connectivity index is 1.98. The van der Waals surface area contributed by atoms with Crippen LogP contribution in [-0.2, 0) is 25.6 Å². The van der Waals surface area contributed by atoms with Crippen molar-refractivity contribution in [3.05, 3.63) is 24.2 Å². The van der Waals surface area contributed by atoms with Gasteiger partial charge in [-0.25, -0.2) is 0 Å². The maximum atomic E-state index is 12.4. The Morgan fingerprint density at radius 2 is 2.35 bits per heavy atom. The highest BCUT2D eigenvalue weighted by atomic mass is 16.5. The number of amides is 1. The van der Waals surface area contributed by atoms with E-state index in [4.69, 9.17) is 9.15 Å². The summed E-state index contributed by atoms with van der Waals surface area (Å²) in [6.07, 6.45) is 2.94. The van der Waals surface area contributed by atoms with Gasteiger partial charge in [-0.3, -0.25) is 9.59 Å². The number of ether oxygens (including phenoxy) is 2. The fourth-order valence-electron chi connectivity index (χ4n) is 2.16. The molecule has 6 nitrogen and oxygen atoms in total. The highest BCUT2D eigenvalue weighted by Gasteiger charge is 2.29. The molecular weight excluding hydrogens is 262 g/mol. The van der Waals surface area contributed by atoms with Crippen LogP contribution in [0.25, 0.3) is 0 Å². The van der Waals surface area contributed by atoms with Gasteiger partial charge in [0.25, 0.3) is 5.91 Å². The van der Waals surface area contributed by atoms with Gasteiger partial charge in [-0.05, 0) is 25.0 Å². The Morgan fingerprint density at radius 1 is 1.50 bits per heavy atom. The molecule has 0 aliphatic carbocycles. The van der Waals surface area contributed by atoms with E-state index in [1.165, 1.54) is 7.11 Å². The molecule has 0 N–H and O–H groups in total. The van der Waals surface area contributed by atoms with E-state index in [9.17, 15) is 9.59 Å². The highest BCUT2D eigenvalue weighted by Crippen LogP contribution is 2.17. The number of hydrogen-bond donors (Lipinski definition) is 0. The van der Waals surface area contributed by atoms with E-state index < -0.39 is 6.10 Å². The zero-order chi connectivity index (χ0) is 14.4. The van der Waals surface area contributed by atoms with Gasteiger partial charge < -0.3 is 18.8 Å². The second-order valence-corrected chi connectivity index (χ2v) is 4.67.